The van der Waals surface area contributed by atoms with Crippen molar-refractivity contribution in [3.63, 3.8) is 0 Å². The van der Waals surface area contributed by atoms with Gasteiger partial charge in [-0.15, -0.1) is 0 Å². The summed E-state index contributed by atoms with van der Waals surface area (Å²) in [6.07, 6.45) is 1.71. The van der Waals surface area contributed by atoms with Gasteiger partial charge >= 0.3 is 0 Å². The molecule has 2 rings (SSSR count). The highest BCUT2D eigenvalue weighted by Gasteiger charge is 2.25. The molecule has 0 aromatic carbocycles. The van der Waals surface area contributed by atoms with E-state index < -0.39 is 11.9 Å². The first-order valence-electron chi connectivity index (χ1n) is 5.96. The molecule has 0 aliphatic heterocycles. The van der Waals surface area contributed by atoms with E-state index in [1.165, 1.54) is 31.6 Å². The lowest BCUT2D eigenvalue weighted by molar-refractivity contribution is 0.190. The highest BCUT2D eigenvalue weighted by atomic mass is 19.1. The zero-order valence-corrected chi connectivity index (χ0v) is 11.0. The summed E-state index contributed by atoms with van der Waals surface area (Å²) >= 11 is 0. The van der Waals surface area contributed by atoms with Gasteiger partial charge in [0.2, 0.25) is 0 Å². The van der Waals surface area contributed by atoms with E-state index in [9.17, 15) is 9.50 Å². The van der Waals surface area contributed by atoms with Crippen molar-refractivity contribution in [2.75, 3.05) is 7.11 Å². The third kappa shape index (κ3) is 2.44. The van der Waals surface area contributed by atoms with Crippen LogP contribution in [-0.4, -0.2) is 27.0 Å². The zero-order chi connectivity index (χ0) is 14.0. The normalized spacial score (nSPS) is 12.7. The van der Waals surface area contributed by atoms with Crippen molar-refractivity contribution in [3.8, 4) is 5.75 Å². The minimum atomic E-state index is -1.22. The molecule has 0 aliphatic carbocycles. The third-order valence-corrected chi connectivity index (χ3v) is 2.81. The molecule has 5 nitrogen and oxygen atoms in total. The molecular weight excluding hydrogens is 249 g/mol. The molecule has 102 valence electrons. The van der Waals surface area contributed by atoms with E-state index in [4.69, 9.17) is 4.74 Å². The number of aromatic nitrogens is 3. The maximum atomic E-state index is 13.7. The summed E-state index contributed by atoms with van der Waals surface area (Å²) in [6, 6.07) is 2.75. The molecule has 0 amide bonds. The van der Waals surface area contributed by atoms with Gasteiger partial charge < -0.3 is 9.84 Å². The number of ether oxygens (including phenoxy) is 1. The molecule has 0 fully saturated rings. The van der Waals surface area contributed by atoms with Crippen molar-refractivity contribution in [2.45, 2.75) is 26.0 Å². The number of aliphatic hydroxyl groups is 1. The first kappa shape index (κ1) is 13.5. The molecule has 6 heteroatoms. The molecule has 19 heavy (non-hydrogen) atoms. The number of hydrogen-bond acceptors (Lipinski definition) is 4. The van der Waals surface area contributed by atoms with Gasteiger partial charge in [-0.1, -0.05) is 0 Å². The first-order chi connectivity index (χ1) is 9.06. The van der Waals surface area contributed by atoms with Crippen LogP contribution in [0.1, 0.15) is 37.4 Å². The van der Waals surface area contributed by atoms with Gasteiger partial charge in [-0.2, -0.15) is 5.10 Å². The van der Waals surface area contributed by atoms with Gasteiger partial charge in [0.25, 0.3) is 0 Å². The molecule has 2 aromatic rings. The van der Waals surface area contributed by atoms with E-state index in [1.54, 1.807) is 4.68 Å². The summed E-state index contributed by atoms with van der Waals surface area (Å²) in [5.74, 6) is -0.153. The van der Waals surface area contributed by atoms with Crippen LogP contribution in [0.5, 0.6) is 5.75 Å². The van der Waals surface area contributed by atoms with Crippen molar-refractivity contribution in [2.24, 2.45) is 0 Å². The van der Waals surface area contributed by atoms with Gasteiger partial charge in [-0.05, 0) is 26.0 Å². The van der Waals surface area contributed by atoms with E-state index in [0.29, 0.717) is 11.4 Å². The van der Waals surface area contributed by atoms with Crippen LogP contribution in [0.15, 0.2) is 24.5 Å². The third-order valence-electron chi connectivity index (χ3n) is 2.81. The average molecular weight is 265 g/mol. The fourth-order valence-electron chi connectivity index (χ4n) is 1.91. The molecule has 0 radical (unpaired) electrons. The van der Waals surface area contributed by atoms with Crippen molar-refractivity contribution >= 4 is 0 Å². The Morgan fingerprint density at radius 3 is 2.74 bits per heavy atom. The van der Waals surface area contributed by atoms with Gasteiger partial charge in [0.1, 0.15) is 23.3 Å². The molecular formula is C13H16FN3O2. The first-order valence-corrected chi connectivity index (χ1v) is 5.96. The number of methoxy groups -OCH3 is 1. The predicted octanol–water partition coefficient (Wildman–Crippen LogP) is 2.09. The van der Waals surface area contributed by atoms with E-state index in [1.807, 2.05) is 13.8 Å². The molecule has 2 aromatic heterocycles. The predicted molar refractivity (Wildman–Crippen MR) is 67.4 cm³/mol. The molecule has 1 unspecified atom stereocenters. The molecule has 1 atom stereocenters. The zero-order valence-electron chi connectivity index (χ0n) is 11.0. The quantitative estimate of drug-likeness (QED) is 0.919. The van der Waals surface area contributed by atoms with E-state index >= 15 is 0 Å². The molecule has 0 aliphatic rings. The second-order valence-corrected chi connectivity index (χ2v) is 4.41. The molecule has 2 heterocycles. The van der Waals surface area contributed by atoms with Gasteiger partial charge in [0, 0.05) is 12.2 Å². The average Bonchev–Trinajstić information content (AvgIpc) is 2.82. The number of aliphatic hydroxyl groups excluding tert-OH is 1. The Hall–Kier alpha value is -1.95. The molecule has 0 saturated heterocycles. The fraction of sp³-hybridized carbons (Fsp3) is 0.385. The number of halogens is 1. The van der Waals surface area contributed by atoms with Gasteiger partial charge in [-0.25, -0.2) is 4.39 Å². The second kappa shape index (κ2) is 5.36. The highest BCUT2D eigenvalue weighted by Crippen LogP contribution is 2.31. The summed E-state index contributed by atoms with van der Waals surface area (Å²) in [5, 5.41) is 14.5. The number of pyridine rings is 1. The Kier molecular flexibility index (Phi) is 3.80. The van der Waals surface area contributed by atoms with Crippen LogP contribution < -0.4 is 4.74 Å². The Morgan fingerprint density at radius 2 is 2.16 bits per heavy atom. The van der Waals surface area contributed by atoms with Crippen molar-refractivity contribution in [1.29, 1.82) is 0 Å². The molecule has 0 bridgehead atoms. The summed E-state index contributed by atoms with van der Waals surface area (Å²) in [5.41, 5.74) is 0.360. The van der Waals surface area contributed by atoms with E-state index in [-0.39, 0.29) is 11.7 Å². The van der Waals surface area contributed by atoms with Gasteiger partial charge in [-0.3, -0.25) is 9.67 Å². The van der Waals surface area contributed by atoms with Crippen LogP contribution in [0.4, 0.5) is 4.39 Å². The van der Waals surface area contributed by atoms with Gasteiger partial charge in [0.15, 0.2) is 5.75 Å². The number of hydrogen-bond donors (Lipinski definition) is 1. The Labute approximate surface area is 110 Å². The smallest absolute Gasteiger partial charge is 0.163 e. The Morgan fingerprint density at radius 1 is 1.42 bits per heavy atom. The number of rotatable bonds is 4. The number of nitrogens with zero attached hydrogens (tertiary/aromatic N) is 3. The second-order valence-electron chi connectivity index (χ2n) is 4.41. The van der Waals surface area contributed by atoms with Crippen molar-refractivity contribution in [3.05, 3.63) is 41.7 Å². The standard InChI is InChI=1S/C13H16FN3O2/c1-8(2)17-12(10(19-3)7-16-17)13(18)11-9(14)5-4-6-15-11/h4-8,13,18H,1-3H3. The molecule has 1 N–H and O–H groups in total. The van der Waals surface area contributed by atoms with Crippen LogP contribution >= 0.6 is 0 Å². The van der Waals surface area contributed by atoms with Crippen LogP contribution in [0, 0.1) is 5.82 Å². The minimum Gasteiger partial charge on any atom is -0.493 e. The maximum Gasteiger partial charge on any atom is 0.163 e. The van der Waals surface area contributed by atoms with Gasteiger partial charge in [0.05, 0.1) is 13.3 Å². The van der Waals surface area contributed by atoms with Crippen LogP contribution in [0.3, 0.4) is 0 Å². The largest absolute Gasteiger partial charge is 0.493 e. The summed E-state index contributed by atoms with van der Waals surface area (Å²) in [4.78, 5) is 3.89. The Balaban J connectivity index is 2.52. The van der Waals surface area contributed by atoms with E-state index in [0.717, 1.165) is 0 Å². The summed E-state index contributed by atoms with van der Waals surface area (Å²) < 4.78 is 20.5. The summed E-state index contributed by atoms with van der Waals surface area (Å²) in [7, 11) is 1.48. The lowest BCUT2D eigenvalue weighted by atomic mass is 10.1. The molecule has 0 saturated carbocycles. The summed E-state index contributed by atoms with van der Waals surface area (Å²) in [6.45, 7) is 3.83. The molecule has 0 spiro atoms. The van der Waals surface area contributed by atoms with E-state index in [2.05, 4.69) is 10.1 Å². The highest BCUT2D eigenvalue weighted by molar-refractivity contribution is 5.33. The van der Waals surface area contributed by atoms with Crippen molar-refractivity contribution < 1.29 is 14.2 Å². The fourth-order valence-corrected chi connectivity index (χ4v) is 1.91. The topological polar surface area (TPSA) is 60.2 Å². The van der Waals surface area contributed by atoms with Crippen LogP contribution in [0.2, 0.25) is 0 Å². The van der Waals surface area contributed by atoms with Crippen molar-refractivity contribution in [1.82, 2.24) is 14.8 Å². The lowest BCUT2D eigenvalue weighted by Gasteiger charge is -2.17. The SMILES string of the molecule is COc1cnn(C(C)C)c1C(O)c1ncccc1F. The lowest BCUT2D eigenvalue weighted by Crippen LogP contribution is -2.15. The van der Waals surface area contributed by atoms with Crippen LogP contribution in [0.25, 0.3) is 0 Å². The monoisotopic (exact) mass is 265 g/mol. The maximum absolute atomic E-state index is 13.7. The minimum absolute atomic E-state index is 0.0142. The van der Waals surface area contributed by atoms with Crippen LogP contribution in [-0.2, 0) is 0 Å². The Bertz CT molecular complexity index is 569.